The number of nitrogens with one attached hydrogen (secondary N) is 2. The van der Waals surface area contributed by atoms with E-state index < -0.39 is 10.0 Å². The molecule has 0 aliphatic heterocycles. The zero-order valence-electron chi connectivity index (χ0n) is 10.7. The molecular weight excluding hydrogens is 312 g/mol. The molecule has 4 N–H and O–H groups in total. The Kier molecular flexibility index (Phi) is 3.23. The normalized spacial score (nSPS) is 11.7. The summed E-state index contributed by atoms with van der Waals surface area (Å²) in [4.78, 5) is 7.01. The van der Waals surface area contributed by atoms with Crippen LogP contribution in [0.5, 0.6) is 0 Å². The summed E-state index contributed by atoms with van der Waals surface area (Å²) in [5.74, 6) is 0. The first-order chi connectivity index (χ1) is 9.97. The Balaban J connectivity index is 2.02. The molecule has 2 heterocycles. The fraction of sp³-hybridized carbons (Fsp3) is 0. The highest BCUT2D eigenvalue weighted by atomic mass is 35.5. The predicted octanol–water partition coefficient (Wildman–Crippen LogP) is 2.60. The average molecular weight is 323 g/mol. The largest absolute Gasteiger partial charge is 0.398 e. The minimum Gasteiger partial charge on any atom is -0.398 e. The van der Waals surface area contributed by atoms with Gasteiger partial charge in [-0.1, -0.05) is 11.6 Å². The topological polar surface area (TPSA) is 101 Å². The second-order valence-corrected chi connectivity index (χ2v) is 6.45. The highest BCUT2D eigenvalue weighted by molar-refractivity contribution is 7.93. The fourth-order valence-electron chi connectivity index (χ4n) is 1.95. The van der Waals surface area contributed by atoms with E-state index in [0.717, 1.165) is 0 Å². The van der Waals surface area contributed by atoms with Crippen molar-refractivity contribution in [3.63, 3.8) is 0 Å². The summed E-state index contributed by atoms with van der Waals surface area (Å²) in [6.45, 7) is 0. The Bertz CT molecular complexity index is 921. The number of halogens is 1. The van der Waals surface area contributed by atoms with Crippen molar-refractivity contribution in [2.75, 3.05) is 10.5 Å². The number of nitrogen functional groups attached to an aromatic ring is 1. The standard InChI is InChI=1S/C13H11ClN4O2S/c14-10-6-8(3-4-11(10)15)18-21(19,20)12-7-17-13-9(12)2-1-5-16-13/h1-7,18H,15H2,(H,16,17). The summed E-state index contributed by atoms with van der Waals surface area (Å²) in [6.07, 6.45) is 2.99. The molecule has 0 fully saturated rings. The highest BCUT2D eigenvalue weighted by Crippen LogP contribution is 2.26. The van der Waals surface area contributed by atoms with E-state index in [1.165, 1.54) is 18.3 Å². The van der Waals surface area contributed by atoms with Gasteiger partial charge < -0.3 is 10.7 Å². The molecule has 0 amide bonds. The van der Waals surface area contributed by atoms with Crippen LogP contribution in [0.3, 0.4) is 0 Å². The van der Waals surface area contributed by atoms with Crippen LogP contribution in [-0.2, 0) is 10.0 Å². The lowest BCUT2D eigenvalue weighted by atomic mass is 10.3. The van der Waals surface area contributed by atoms with Crippen molar-refractivity contribution in [2.24, 2.45) is 0 Å². The van der Waals surface area contributed by atoms with Crippen LogP contribution in [0.4, 0.5) is 11.4 Å². The second-order valence-electron chi connectivity index (χ2n) is 4.39. The molecule has 8 heteroatoms. The molecule has 0 aliphatic rings. The van der Waals surface area contributed by atoms with Crippen LogP contribution >= 0.6 is 11.6 Å². The lowest BCUT2D eigenvalue weighted by Gasteiger charge is -2.08. The number of nitrogens with two attached hydrogens (primary N) is 1. The molecule has 0 spiro atoms. The number of H-pyrrole nitrogens is 1. The van der Waals surface area contributed by atoms with Gasteiger partial charge in [0.25, 0.3) is 10.0 Å². The van der Waals surface area contributed by atoms with Gasteiger partial charge in [0, 0.05) is 17.8 Å². The van der Waals surface area contributed by atoms with Crippen LogP contribution in [-0.4, -0.2) is 18.4 Å². The Morgan fingerprint density at radius 2 is 2.10 bits per heavy atom. The van der Waals surface area contributed by atoms with Crippen molar-refractivity contribution < 1.29 is 8.42 Å². The highest BCUT2D eigenvalue weighted by Gasteiger charge is 2.19. The molecule has 108 valence electrons. The van der Waals surface area contributed by atoms with Gasteiger partial charge in [-0.25, -0.2) is 13.4 Å². The first kappa shape index (κ1) is 13.7. The van der Waals surface area contributed by atoms with Gasteiger partial charge in [-0.2, -0.15) is 0 Å². The van der Waals surface area contributed by atoms with Crippen LogP contribution in [0.15, 0.2) is 47.6 Å². The maximum atomic E-state index is 12.4. The summed E-state index contributed by atoms with van der Waals surface area (Å²) in [5.41, 5.74) is 6.83. The number of hydrogen-bond donors (Lipinski definition) is 3. The molecular formula is C13H11ClN4O2S. The van der Waals surface area contributed by atoms with Crippen LogP contribution in [0.25, 0.3) is 11.0 Å². The van der Waals surface area contributed by atoms with E-state index >= 15 is 0 Å². The van der Waals surface area contributed by atoms with Crippen molar-refractivity contribution in [1.82, 2.24) is 9.97 Å². The van der Waals surface area contributed by atoms with Crippen LogP contribution in [0.1, 0.15) is 0 Å². The van der Waals surface area contributed by atoms with Crippen LogP contribution < -0.4 is 10.5 Å². The molecule has 0 unspecified atom stereocenters. The van der Waals surface area contributed by atoms with Crippen molar-refractivity contribution in [3.05, 3.63) is 47.7 Å². The Morgan fingerprint density at radius 1 is 1.29 bits per heavy atom. The van der Waals surface area contributed by atoms with E-state index in [9.17, 15) is 8.42 Å². The zero-order valence-corrected chi connectivity index (χ0v) is 12.2. The molecule has 21 heavy (non-hydrogen) atoms. The number of nitrogens with zero attached hydrogens (tertiary/aromatic N) is 1. The third-order valence-electron chi connectivity index (χ3n) is 2.96. The molecule has 3 aromatic rings. The fourth-order valence-corrected chi connectivity index (χ4v) is 3.35. The Hall–Kier alpha value is -2.25. The van der Waals surface area contributed by atoms with E-state index in [-0.39, 0.29) is 9.92 Å². The number of rotatable bonds is 3. The smallest absolute Gasteiger partial charge is 0.264 e. The predicted molar refractivity (Wildman–Crippen MR) is 82.8 cm³/mol. The number of sulfonamides is 1. The van der Waals surface area contributed by atoms with E-state index in [1.54, 1.807) is 24.4 Å². The minimum absolute atomic E-state index is 0.124. The molecule has 2 aromatic heterocycles. The maximum absolute atomic E-state index is 12.4. The number of anilines is 2. The molecule has 0 bridgehead atoms. The van der Waals surface area contributed by atoms with Crippen LogP contribution in [0.2, 0.25) is 5.02 Å². The molecule has 3 rings (SSSR count). The lowest BCUT2D eigenvalue weighted by molar-refractivity contribution is 0.602. The molecule has 0 saturated carbocycles. The third kappa shape index (κ3) is 2.53. The van der Waals surface area contributed by atoms with Crippen molar-refractivity contribution in [3.8, 4) is 0 Å². The first-order valence-electron chi connectivity index (χ1n) is 5.97. The van der Waals surface area contributed by atoms with Gasteiger partial charge in [-0.15, -0.1) is 0 Å². The second kappa shape index (κ2) is 4.94. The van der Waals surface area contributed by atoms with E-state index in [2.05, 4.69) is 14.7 Å². The molecule has 6 nitrogen and oxygen atoms in total. The average Bonchev–Trinajstić information content (AvgIpc) is 2.87. The van der Waals surface area contributed by atoms with Crippen molar-refractivity contribution in [1.29, 1.82) is 0 Å². The number of benzene rings is 1. The zero-order chi connectivity index (χ0) is 15.0. The van der Waals surface area contributed by atoms with Gasteiger partial charge in [0.15, 0.2) is 0 Å². The summed E-state index contributed by atoms with van der Waals surface area (Å²) in [6, 6.07) is 7.91. The van der Waals surface area contributed by atoms with E-state index in [4.69, 9.17) is 17.3 Å². The summed E-state index contributed by atoms with van der Waals surface area (Å²) in [5, 5.41) is 0.808. The summed E-state index contributed by atoms with van der Waals surface area (Å²) >= 11 is 5.89. The number of fused-ring (bicyclic) bond motifs is 1. The quantitative estimate of drug-likeness (QED) is 0.645. The van der Waals surface area contributed by atoms with Crippen LogP contribution in [0, 0.1) is 0 Å². The Morgan fingerprint density at radius 3 is 2.86 bits per heavy atom. The van der Waals surface area contributed by atoms with Crippen molar-refractivity contribution in [2.45, 2.75) is 4.90 Å². The van der Waals surface area contributed by atoms with E-state index in [1.807, 2.05) is 0 Å². The number of aromatic nitrogens is 2. The monoisotopic (exact) mass is 322 g/mol. The SMILES string of the molecule is Nc1ccc(NS(=O)(=O)c2c[nH]c3ncccc23)cc1Cl. The molecule has 0 radical (unpaired) electrons. The minimum atomic E-state index is -3.75. The van der Waals surface area contributed by atoms with Gasteiger partial charge in [-0.05, 0) is 30.3 Å². The lowest BCUT2D eigenvalue weighted by Crippen LogP contribution is -2.12. The molecule has 0 saturated heterocycles. The number of aromatic amines is 1. The third-order valence-corrected chi connectivity index (χ3v) is 4.70. The maximum Gasteiger partial charge on any atom is 0.264 e. The van der Waals surface area contributed by atoms with Gasteiger partial charge in [0.1, 0.15) is 10.5 Å². The van der Waals surface area contributed by atoms with E-state index in [0.29, 0.717) is 22.4 Å². The number of pyridine rings is 1. The van der Waals surface area contributed by atoms with Gasteiger partial charge >= 0.3 is 0 Å². The Labute approximate surface area is 126 Å². The number of hydrogen-bond acceptors (Lipinski definition) is 4. The van der Waals surface area contributed by atoms with Gasteiger partial charge in [-0.3, -0.25) is 4.72 Å². The van der Waals surface area contributed by atoms with Gasteiger partial charge in [0.2, 0.25) is 0 Å². The summed E-state index contributed by atoms with van der Waals surface area (Å²) < 4.78 is 27.3. The summed E-state index contributed by atoms with van der Waals surface area (Å²) in [7, 11) is -3.75. The van der Waals surface area contributed by atoms with Gasteiger partial charge in [0.05, 0.1) is 16.4 Å². The van der Waals surface area contributed by atoms with Crippen molar-refractivity contribution >= 4 is 44.0 Å². The molecule has 0 aliphatic carbocycles. The molecule has 1 aromatic carbocycles. The molecule has 0 atom stereocenters. The first-order valence-corrected chi connectivity index (χ1v) is 7.83.